The Labute approximate surface area is 99.9 Å². The molecule has 1 aromatic carbocycles. The number of amides is 1. The quantitative estimate of drug-likeness (QED) is 0.740. The largest absolute Gasteiger partial charge is 0.398 e. The number of para-hydroxylation sites is 1. The van der Waals surface area contributed by atoms with Crippen molar-refractivity contribution >= 4 is 11.6 Å². The zero-order valence-electron chi connectivity index (χ0n) is 9.52. The zero-order valence-corrected chi connectivity index (χ0v) is 9.52. The van der Waals surface area contributed by atoms with Gasteiger partial charge in [0.2, 0.25) is 0 Å². The van der Waals surface area contributed by atoms with Crippen molar-refractivity contribution in [2.24, 2.45) is 0 Å². The number of anilines is 1. The van der Waals surface area contributed by atoms with Crippen molar-refractivity contribution in [3.8, 4) is 0 Å². The number of rotatable bonds is 3. The molecule has 1 aromatic rings. The Morgan fingerprint density at radius 1 is 1.41 bits per heavy atom. The van der Waals surface area contributed by atoms with E-state index in [-0.39, 0.29) is 5.91 Å². The second-order valence-electron chi connectivity index (χ2n) is 3.85. The molecule has 0 saturated carbocycles. The highest BCUT2D eigenvalue weighted by molar-refractivity contribution is 5.81. The van der Waals surface area contributed by atoms with E-state index in [4.69, 9.17) is 15.2 Å². The number of benzene rings is 1. The predicted octanol–water partition coefficient (Wildman–Crippen LogP) is 0.300. The van der Waals surface area contributed by atoms with Gasteiger partial charge >= 0.3 is 0 Å². The maximum absolute atomic E-state index is 11.7. The summed E-state index contributed by atoms with van der Waals surface area (Å²) >= 11 is 0. The van der Waals surface area contributed by atoms with E-state index in [9.17, 15) is 4.79 Å². The Kier molecular flexibility index (Phi) is 3.95. The van der Waals surface area contributed by atoms with Crippen LogP contribution in [0.3, 0.4) is 0 Å². The number of nitrogens with two attached hydrogens (primary N) is 1. The highest BCUT2D eigenvalue weighted by Crippen LogP contribution is 2.10. The monoisotopic (exact) mass is 236 g/mol. The summed E-state index contributed by atoms with van der Waals surface area (Å²) in [5.74, 6) is -0.159. The Hall–Kier alpha value is -1.59. The van der Waals surface area contributed by atoms with Crippen molar-refractivity contribution in [3.05, 3.63) is 29.8 Å². The van der Waals surface area contributed by atoms with E-state index < -0.39 is 6.10 Å². The summed E-state index contributed by atoms with van der Waals surface area (Å²) in [6.45, 7) is 1.74. The molecule has 1 aliphatic rings. The maximum Gasteiger partial charge on any atom is 0.251 e. The highest BCUT2D eigenvalue weighted by Gasteiger charge is 2.22. The molecule has 2 rings (SSSR count). The molecule has 0 aliphatic carbocycles. The van der Waals surface area contributed by atoms with E-state index in [0.29, 0.717) is 32.1 Å². The number of nitrogen functional groups attached to an aromatic ring is 1. The lowest BCUT2D eigenvalue weighted by atomic mass is 10.2. The number of carbonyl (C=O) groups is 1. The number of hydrogen-bond acceptors (Lipinski definition) is 4. The lowest BCUT2D eigenvalue weighted by Gasteiger charge is -2.22. The van der Waals surface area contributed by atoms with Crippen LogP contribution in [-0.2, 0) is 20.8 Å². The summed E-state index contributed by atoms with van der Waals surface area (Å²) in [4.78, 5) is 11.7. The fraction of sp³-hybridized carbons (Fsp3) is 0.417. The first-order valence-electron chi connectivity index (χ1n) is 5.58. The molecule has 3 N–H and O–H groups in total. The third-order valence-corrected chi connectivity index (χ3v) is 2.62. The summed E-state index contributed by atoms with van der Waals surface area (Å²) in [5.41, 5.74) is 7.35. The van der Waals surface area contributed by atoms with Crippen LogP contribution in [0.1, 0.15) is 5.56 Å². The molecule has 5 heteroatoms. The molecule has 92 valence electrons. The van der Waals surface area contributed by atoms with Gasteiger partial charge in [0.25, 0.3) is 5.91 Å². The Bertz CT molecular complexity index is 389. The van der Waals surface area contributed by atoms with Crippen LogP contribution in [0.15, 0.2) is 24.3 Å². The van der Waals surface area contributed by atoms with Gasteiger partial charge in [0.1, 0.15) is 0 Å². The number of carbonyl (C=O) groups excluding carboxylic acids is 1. The molecule has 0 spiro atoms. The van der Waals surface area contributed by atoms with Gasteiger partial charge in [-0.15, -0.1) is 0 Å². The highest BCUT2D eigenvalue weighted by atomic mass is 16.6. The van der Waals surface area contributed by atoms with Crippen LogP contribution in [0, 0.1) is 0 Å². The smallest absolute Gasteiger partial charge is 0.251 e. The fourth-order valence-corrected chi connectivity index (χ4v) is 1.63. The maximum atomic E-state index is 11.7. The van der Waals surface area contributed by atoms with E-state index in [1.807, 2.05) is 24.3 Å². The summed E-state index contributed by atoms with van der Waals surface area (Å²) in [7, 11) is 0. The van der Waals surface area contributed by atoms with Gasteiger partial charge in [0.05, 0.1) is 19.8 Å². The van der Waals surface area contributed by atoms with Crippen molar-refractivity contribution < 1.29 is 14.3 Å². The fourth-order valence-electron chi connectivity index (χ4n) is 1.63. The van der Waals surface area contributed by atoms with Crippen LogP contribution in [-0.4, -0.2) is 31.8 Å². The SMILES string of the molecule is Nc1ccccc1CNC(=O)C1COCCO1. The molecular formula is C12H16N2O3. The minimum absolute atomic E-state index is 0.159. The van der Waals surface area contributed by atoms with Crippen LogP contribution < -0.4 is 11.1 Å². The molecule has 5 nitrogen and oxygen atoms in total. The lowest BCUT2D eigenvalue weighted by Crippen LogP contribution is -2.42. The van der Waals surface area contributed by atoms with E-state index in [1.165, 1.54) is 0 Å². The minimum atomic E-state index is -0.506. The minimum Gasteiger partial charge on any atom is -0.398 e. The van der Waals surface area contributed by atoms with Crippen LogP contribution in [0.5, 0.6) is 0 Å². The van der Waals surface area contributed by atoms with Crippen LogP contribution in [0.2, 0.25) is 0 Å². The summed E-state index contributed by atoms with van der Waals surface area (Å²) in [5, 5.41) is 2.79. The second-order valence-corrected chi connectivity index (χ2v) is 3.85. The molecular weight excluding hydrogens is 220 g/mol. The van der Waals surface area contributed by atoms with E-state index in [0.717, 1.165) is 5.56 Å². The second kappa shape index (κ2) is 5.65. The molecule has 1 fully saturated rings. The third kappa shape index (κ3) is 3.18. The van der Waals surface area contributed by atoms with E-state index in [2.05, 4.69) is 5.32 Å². The van der Waals surface area contributed by atoms with Gasteiger partial charge < -0.3 is 20.5 Å². The first kappa shape index (κ1) is 11.9. The lowest BCUT2D eigenvalue weighted by molar-refractivity contribution is -0.147. The average molecular weight is 236 g/mol. The molecule has 0 radical (unpaired) electrons. The Balaban J connectivity index is 1.85. The van der Waals surface area contributed by atoms with Crippen molar-refractivity contribution in [3.63, 3.8) is 0 Å². The third-order valence-electron chi connectivity index (χ3n) is 2.62. The van der Waals surface area contributed by atoms with Gasteiger partial charge in [-0.25, -0.2) is 0 Å². The average Bonchev–Trinajstić information content (AvgIpc) is 2.38. The molecule has 1 amide bonds. The summed E-state index contributed by atoms with van der Waals surface area (Å²) in [6, 6.07) is 7.44. The molecule has 17 heavy (non-hydrogen) atoms. The van der Waals surface area contributed by atoms with Gasteiger partial charge in [-0.05, 0) is 11.6 Å². The number of ether oxygens (including phenoxy) is 2. The van der Waals surface area contributed by atoms with Crippen LogP contribution >= 0.6 is 0 Å². The molecule has 1 saturated heterocycles. The molecule has 1 aliphatic heterocycles. The van der Waals surface area contributed by atoms with E-state index in [1.54, 1.807) is 0 Å². The Morgan fingerprint density at radius 2 is 2.24 bits per heavy atom. The molecule has 1 unspecified atom stereocenters. The van der Waals surface area contributed by atoms with E-state index >= 15 is 0 Å². The van der Waals surface area contributed by atoms with Gasteiger partial charge in [-0.3, -0.25) is 4.79 Å². The number of nitrogens with one attached hydrogen (secondary N) is 1. The summed E-state index contributed by atoms with van der Waals surface area (Å²) < 4.78 is 10.5. The van der Waals surface area contributed by atoms with Gasteiger partial charge in [0, 0.05) is 12.2 Å². The molecule has 0 bridgehead atoms. The topological polar surface area (TPSA) is 73.6 Å². The van der Waals surface area contributed by atoms with Crippen molar-refractivity contribution in [2.45, 2.75) is 12.6 Å². The van der Waals surface area contributed by atoms with Gasteiger partial charge in [-0.2, -0.15) is 0 Å². The normalized spacial score (nSPS) is 19.9. The van der Waals surface area contributed by atoms with Gasteiger partial charge in [0.15, 0.2) is 6.10 Å². The summed E-state index contributed by atoms with van der Waals surface area (Å²) in [6.07, 6.45) is -0.506. The Morgan fingerprint density at radius 3 is 2.94 bits per heavy atom. The van der Waals surface area contributed by atoms with Crippen LogP contribution in [0.25, 0.3) is 0 Å². The van der Waals surface area contributed by atoms with Crippen molar-refractivity contribution in [1.82, 2.24) is 5.32 Å². The molecule has 0 aromatic heterocycles. The van der Waals surface area contributed by atoms with Crippen molar-refractivity contribution in [2.75, 3.05) is 25.6 Å². The number of hydrogen-bond donors (Lipinski definition) is 2. The zero-order chi connectivity index (χ0) is 12.1. The molecule has 1 atom stereocenters. The first-order chi connectivity index (χ1) is 8.27. The predicted molar refractivity (Wildman–Crippen MR) is 63.3 cm³/mol. The molecule has 1 heterocycles. The van der Waals surface area contributed by atoms with Gasteiger partial charge in [-0.1, -0.05) is 18.2 Å². The van der Waals surface area contributed by atoms with Crippen molar-refractivity contribution in [1.29, 1.82) is 0 Å². The first-order valence-corrected chi connectivity index (χ1v) is 5.58. The van der Waals surface area contributed by atoms with Crippen LogP contribution in [0.4, 0.5) is 5.69 Å². The standard InChI is InChI=1S/C12H16N2O3/c13-10-4-2-1-3-9(10)7-14-12(15)11-8-16-5-6-17-11/h1-4,11H,5-8,13H2,(H,14,15).